The third-order valence-corrected chi connectivity index (χ3v) is 4.60. The molecule has 0 radical (unpaired) electrons. The van der Waals surface area contributed by atoms with Crippen molar-refractivity contribution < 1.29 is 4.79 Å². The zero-order chi connectivity index (χ0) is 16.9. The van der Waals surface area contributed by atoms with Crippen LogP contribution in [-0.2, 0) is 6.42 Å². The molecule has 1 N–H and O–H groups in total. The highest BCUT2D eigenvalue weighted by Gasteiger charge is 2.12. The molecule has 0 aliphatic heterocycles. The molecule has 0 unspecified atom stereocenters. The summed E-state index contributed by atoms with van der Waals surface area (Å²) in [4.78, 5) is 16.9. The molecular weight excluding hydrogens is 318 g/mol. The molecule has 0 aliphatic carbocycles. The third-order valence-electron chi connectivity index (χ3n) is 3.75. The largest absolute Gasteiger partial charge is 0.293 e. The zero-order valence-corrected chi connectivity index (χ0v) is 14.6. The summed E-state index contributed by atoms with van der Waals surface area (Å²) < 4.78 is 0. The normalized spacial score (nSPS) is 10.8. The molecule has 0 aliphatic rings. The van der Waals surface area contributed by atoms with Crippen molar-refractivity contribution in [2.24, 2.45) is 0 Å². The molecule has 5 heteroatoms. The lowest BCUT2D eigenvalue weighted by molar-refractivity contribution is 0.102. The van der Waals surface area contributed by atoms with E-state index >= 15 is 0 Å². The van der Waals surface area contributed by atoms with Crippen LogP contribution in [0.4, 0.5) is 0 Å². The van der Waals surface area contributed by atoms with Gasteiger partial charge in [0.2, 0.25) is 5.16 Å². The molecule has 0 spiro atoms. The Bertz CT molecular complexity index is 843. The van der Waals surface area contributed by atoms with Crippen LogP contribution in [0.3, 0.4) is 0 Å². The van der Waals surface area contributed by atoms with Gasteiger partial charge in [-0.3, -0.25) is 9.89 Å². The number of nitrogens with zero attached hydrogens (tertiary/aromatic N) is 2. The van der Waals surface area contributed by atoms with Crippen LogP contribution >= 0.6 is 11.8 Å². The number of hydrogen-bond acceptors (Lipinski definition) is 4. The minimum Gasteiger partial charge on any atom is -0.293 e. The fourth-order valence-electron chi connectivity index (χ4n) is 2.45. The Morgan fingerprint density at radius 1 is 1.12 bits per heavy atom. The van der Waals surface area contributed by atoms with Crippen LogP contribution in [0, 0.1) is 13.8 Å². The number of carbonyl (C=O) groups excluding carboxylic acids is 1. The van der Waals surface area contributed by atoms with Gasteiger partial charge in [-0.05, 0) is 31.0 Å². The van der Waals surface area contributed by atoms with Gasteiger partial charge >= 0.3 is 0 Å². The van der Waals surface area contributed by atoms with Crippen molar-refractivity contribution in [1.82, 2.24) is 15.2 Å². The second kappa shape index (κ2) is 7.45. The molecule has 0 atom stereocenters. The topological polar surface area (TPSA) is 58.6 Å². The maximum Gasteiger partial charge on any atom is 0.208 e. The number of aryl methyl sites for hydroxylation is 2. The number of aromatic nitrogens is 3. The smallest absolute Gasteiger partial charge is 0.208 e. The molecule has 4 nitrogen and oxygen atoms in total. The van der Waals surface area contributed by atoms with Crippen molar-refractivity contribution in [2.45, 2.75) is 25.4 Å². The highest BCUT2D eigenvalue weighted by molar-refractivity contribution is 7.99. The monoisotopic (exact) mass is 337 g/mol. The van der Waals surface area contributed by atoms with Crippen molar-refractivity contribution in [3.63, 3.8) is 0 Å². The van der Waals surface area contributed by atoms with E-state index < -0.39 is 0 Å². The number of H-pyrrole nitrogens is 1. The van der Waals surface area contributed by atoms with E-state index in [0.717, 1.165) is 22.5 Å². The summed E-state index contributed by atoms with van der Waals surface area (Å²) in [7, 11) is 0. The molecule has 1 heterocycles. The SMILES string of the molecule is Cc1ccc(C)c(C(=O)CSc2n[nH]c(Cc3ccccc3)n2)c1. The van der Waals surface area contributed by atoms with Crippen LogP contribution in [0.25, 0.3) is 0 Å². The Kier molecular flexibility index (Phi) is 5.11. The summed E-state index contributed by atoms with van der Waals surface area (Å²) in [5.41, 5.74) is 4.06. The number of Topliss-reactive ketones (excluding diaryl/α,β-unsaturated/α-hetero) is 1. The number of benzene rings is 2. The van der Waals surface area contributed by atoms with Crippen LogP contribution in [0.2, 0.25) is 0 Å². The van der Waals surface area contributed by atoms with Gasteiger partial charge in [-0.25, -0.2) is 4.98 Å². The van der Waals surface area contributed by atoms with Crippen LogP contribution in [0.5, 0.6) is 0 Å². The summed E-state index contributed by atoms with van der Waals surface area (Å²) >= 11 is 1.37. The molecule has 0 bridgehead atoms. The number of ketones is 1. The van der Waals surface area contributed by atoms with Crippen LogP contribution in [-0.4, -0.2) is 26.7 Å². The molecular formula is C19H19N3OS. The first-order valence-electron chi connectivity index (χ1n) is 7.80. The van der Waals surface area contributed by atoms with Crippen molar-refractivity contribution in [1.29, 1.82) is 0 Å². The van der Waals surface area contributed by atoms with E-state index in [1.54, 1.807) is 0 Å². The van der Waals surface area contributed by atoms with Gasteiger partial charge in [0.15, 0.2) is 5.78 Å². The van der Waals surface area contributed by atoms with Crippen molar-refractivity contribution in [3.05, 3.63) is 76.6 Å². The molecule has 0 amide bonds. The molecule has 2 aromatic carbocycles. The van der Waals surface area contributed by atoms with Gasteiger partial charge in [-0.2, -0.15) is 0 Å². The lowest BCUT2D eigenvalue weighted by Gasteiger charge is -2.05. The number of carbonyl (C=O) groups is 1. The first-order valence-corrected chi connectivity index (χ1v) is 8.79. The van der Waals surface area contributed by atoms with E-state index in [0.29, 0.717) is 17.3 Å². The molecule has 0 saturated carbocycles. The Balaban J connectivity index is 1.61. The molecule has 0 fully saturated rings. The fourth-order valence-corrected chi connectivity index (χ4v) is 3.16. The molecule has 122 valence electrons. The highest BCUT2D eigenvalue weighted by Crippen LogP contribution is 2.18. The third kappa shape index (κ3) is 4.11. The lowest BCUT2D eigenvalue weighted by Crippen LogP contribution is -2.05. The molecule has 3 aromatic rings. The Hall–Kier alpha value is -2.40. The maximum atomic E-state index is 12.4. The van der Waals surface area contributed by atoms with Crippen molar-refractivity contribution in [3.8, 4) is 0 Å². The zero-order valence-electron chi connectivity index (χ0n) is 13.7. The Labute approximate surface area is 145 Å². The average Bonchev–Trinajstić information content (AvgIpc) is 3.03. The van der Waals surface area contributed by atoms with E-state index in [-0.39, 0.29) is 5.78 Å². The number of aromatic amines is 1. The second-order valence-electron chi connectivity index (χ2n) is 5.76. The standard InChI is InChI=1S/C19H19N3OS/c1-13-8-9-14(2)16(10-13)17(23)12-24-19-20-18(21-22-19)11-15-6-4-3-5-7-15/h3-10H,11-12H2,1-2H3,(H,20,21,22). The predicted octanol–water partition coefficient (Wildman–Crippen LogP) is 3.99. The van der Waals surface area contributed by atoms with Crippen LogP contribution in [0.1, 0.15) is 32.9 Å². The van der Waals surface area contributed by atoms with Crippen molar-refractivity contribution in [2.75, 3.05) is 5.75 Å². The summed E-state index contributed by atoms with van der Waals surface area (Å²) in [5, 5.41) is 7.75. The van der Waals surface area contributed by atoms with Gasteiger partial charge in [0.1, 0.15) is 5.82 Å². The quantitative estimate of drug-likeness (QED) is 0.546. The van der Waals surface area contributed by atoms with Crippen LogP contribution in [0.15, 0.2) is 53.7 Å². The van der Waals surface area contributed by atoms with Crippen LogP contribution < -0.4 is 0 Å². The Morgan fingerprint density at radius 2 is 1.92 bits per heavy atom. The van der Waals surface area contributed by atoms with E-state index in [2.05, 4.69) is 27.3 Å². The van der Waals surface area contributed by atoms with E-state index in [1.807, 2.05) is 50.2 Å². The fraction of sp³-hybridized carbons (Fsp3) is 0.211. The van der Waals surface area contributed by atoms with E-state index in [1.165, 1.54) is 17.3 Å². The van der Waals surface area contributed by atoms with E-state index in [9.17, 15) is 4.79 Å². The lowest BCUT2D eigenvalue weighted by atomic mass is 10.0. The average molecular weight is 337 g/mol. The molecule has 24 heavy (non-hydrogen) atoms. The first kappa shape index (κ1) is 16.5. The number of rotatable bonds is 6. The van der Waals surface area contributed by atoms with E-state index in [4.69, 9.17) is 0 Å². The number of hydrogen-bond donors (Lipinski definition) is 1. The summed E-state index contributed by atoms with van der Waals surface area (Å²) in [6.07, 6.45) is 0.708. The van der Waals surface area contributed by atoms with Gasteiger partial charge in [-0.1, -0.05) is 59.8 Å². The second-order valence-corrected chi connectivity index (χ2v) is 6.70. The molecule has 1 aromatic heterocycles. The number of nitrogens with one attached hydrogen (secondary N) is 1. The minimum absolute atomic E-state index is 0.107. The summed E-state index contributed by atoms with van der Waals surface area (Å²) in [5.74, 6) is 1.26. The summed E-state index contributed by atoms with van der Waals surface area (Å²) in [6, 6.07) is 16.1. The summed E-state index contributed by atoms with van der Waals surface area (Å²) in [6.45, 7) is 3.95. The first-order chi connectivity index (χ1) is 11.6. The molecule has 3 rings (SSSR count). The van der Waals surface area contributed by atoms with Gasteiger partial charge in [0.05, 0.1) is 5.75 Å². The maximum absolute atomic E-state index is 12.4. The predicted molar refractivity (Wildman–Crippen MR) is 96.6 cm³/mol. The van der Waals surface area contributed by atoms with Crippen molar-refractivity contribution >= 4 is 17.5 Å². The molecule has 0 saturated heterocycles. The highest BCUT2D eigenvalue weighted by atomic mass is 32.2. The Morgan fingerprint density at radius 3 is 2.71 bits per heavy atom. The minimum atomic E-state index is 0.107. The van der Waals surface area contributed by atoms with Gasteiger partial charge in [0, 0.05) is 12.0 Å². The van der Waals surface area contributed by atoms with Gasteiger partial charge in [-0.15, -0.1) is 5.10 Å². The van der Waals surface area contributed by atoms with Gasteiger partial charge in [0.25, 0.3) is 0 Å². The number of thioether (sulfide) groups is 1. The van der Waals surface area contributed by atoms with Gasteiger partial charge < -0.3 is 0 Å².